The fraction of sp³-hybridized carbons (Fsp3) is 0.286. The number of nitrogens with zero attached hydrogens (tertiary/aromatic N) is 4. The summed E-state index contributed by atoms with van der Waals surface area (Å²) in [6.07, 6.45) is 4.06. The average molecular weight is 319 g/mol. The van der Waals surface area contributed by atoms with Crippen LogP contribution in [0.2, 0.25) is 0 Å². The smallest absolute Gasteiger partial charge is 0.151 e. The third-order valence-corrected chi connectivity index (χ3v) is 3.99. The minimum atomic E-state index is 0.879. The van der Waals surface area contributed by atoms with Crippen LogP contribution < -0.4 is 0 Å². The van der Waals surface area contributed by atoms with Crippen molar-refractivity contribution in [2.45, 2.75) is 27.3 Å². The fourth-order valence-electron chi connectivity index (χ4n) is 2.47. The van der Waals surface area contributed by atoms with E-state index < -0.39 is 0 Å². The monoisotopic (exact) mass is 318 g/mol. The maximum absolute atomic E-state index is 4.71. The van der Waals surface area contributed by atoms with Crippen molar-refractivity contribution in [3.63, 3.8) is 0 Å². The number of aryl methyl sites for hydroxylation is 2. The molecular formula is C14H15BrN4. The molecule has 0 bridgehead atoms. The Morgan fingerprint density at radius 3 is 2.74 bits per heavy atom. The first-order chi connectivity index (χ1) is 9.11. The normalized spacial score (nSPS) is 11.4. The van der Waals surface area contributed by atoms with E-state index in [9.17, 15) is 0 Å². The van der Waals surface area contributed by atoms with Crippen molar-refractivity contribution < 1.29 is 0 Å². The van der Waals surface area contributed by atoms with Gasteiger partial charge in [0.25, 0.3) is 0 Å². The third kappa shape index (κ3) is 1.89. The zero-order valence-corrected chi connectivity index (χ0v) is 12.8. The topological polar surface area (TPSA) is 35.1 Å². The minimum Gasteiger partial charge on any atom is -0.306 e. The summed E-state index contributed by atoms with van der Waals surface area (Å²) in [5, 5.41) is 4.55. The van der Waals surface area contributed by atoms with E-state index in [0.717, 1.165) is 33.6 Å². The van der Waals surface area contributed by atoms with Gasteiger partial charge in [-0.15, -0.1) is 0 Å². The predicted octanol–water partition coefficient (Wildman–Crippen LogP) is 3.60. The molecule has 0 aliphatic heterocycles. The maximum Gasteiger partial charge on any atom is 0.151 e. The van der Waals surface area contributed by atoms with Crippen LogP contribution in [0.4, 0.5) is 0 Å². The molecule has 0 radical (unpaired) electrons. The van der Waals surface area contributed by atoms with E-state index >= 15 is 0 Å². The second-order valence-corrected chi connectivity index (χ2v) is 5.43. The predicted molar refractivity (Wildman–Crippen MR) is 79.3 cm³/mol. The summed E-state index contributed by atoms with van der Waals surface area (Å²) in [6.45, 7) is 7.11. The highest BCUT2D eigenvalue weighted by molar-refractivity contribution is 9.10. The third-order valence-electron chi connectivity index (χ3n) is 3.37. The van der Waals surface area contributed by atoms with E-state index in [-0.39, 0.29) is 0 Å². The lowest BCUT2D eigenvalue weighted by molar-refractivity contribution is 0.634. The molecular weight excluding hydrogens is 304 g/mol. The Balaban J connectivity index is 2.25. The lowest BCUT2D eigenvalue weighted by Gasteiger charge is -1.99. The first-order valence-electron chi connectivity index (χ1n) is 6.29. The maximum atomic E-state index is 4.71. The number of fused-ring (bicyclic) bond motifs is 1. The van der Waals surface area contributed by atoms with Crippen LogP contribution in [-0.2, 0) is 6.54 Å². The summed E-state index contributed by atoms with van der Waals surface area (Å²) in [6, 6.07) is 4.00. The van der Waals surface area contributed by atoms with Gasteiger partial charge in [-0.2, -0.15) is 5.10 Å². The zero-order chi connectivity index (χ0) is 13.6. The van der Waals surface area contributed by atoms with Gasteiger partial charge < -0.3 is 4.40 Å². The lowest BCUT2D eigenvalue weighted by atomic mass is 10.1. The van der Waals surface area contributed by atoms with Gasteiger partial charge >= 0.3 is 0 Å². The quantitative estimate of drug-likeness (QED) is 0.723. The standard InChI is InChI=1S/C14H15BrN4/c1-4-19-10(3)13(9(2)17-19)12-8-18-7-5-6-11(15)14(18)16-12/h5-8H,4H2,1-3H3. The molecule has 3 rings (SSSR count). The summed E-state index contributed by atoms with van der Waals surface area (Å²) in [7, 11) is 0. The Morgan fingerprint density at radius 1 is 1.32 bits per heavy atom. The SMILES string of the molecule is CCn1nc(C)c(-c2cn3cccc(Br)c3n2)c1C. The number of imidazole rings is 1. The van der Waals surface area contributed by atoms with Gasteiger partial charge in [-0.3, -0.25) is 4.68 Å². The summed E-state index contributed by atoms with van der Waals surface area (Å²) < 4.78 is 5.05. The molecule has 4 nitrogen and oxygen atoms in total. The molecule has 0 fully saturated rings. The van der Waals surface area contributed by atoms with Crippen LogP contribution in [0.1, 0.15) is 18.3 Å². The number of halogens is 1. The van der Waals surface area contributed by atoms with E-state index in [2.05, 4.69) is 41.1 Å². The summed E-state index contributed by atoms with van der Waals surface area (Å²) in [4.78, 5) is 4.71. The lowest BCUT2D eigenvalue weighted by Crippen LogP contribution is -1.98. The highest BCUT2D eigenvalue weighted by Crippen LogP contribution is 2.28. The van der Waals surface area contributed by atoms with Crippen LogP contribution in [0.15, 0.2) is 29.0 Å². The van der Waals surface area contributed by atoms with Gasteiger partial charge in [0.15, 0.2) is 5.65 Å². The largest absolute Gasteiger partial charge is 0.306 e. The zero-order valence-electron chi connectivity index (χ0n) is 11.2. The molecule has 3 heterocycles. The van der Waals surface area contributed by atoms with Crippen LogP contribution in [0.25, 0.3) is 16.9 Å². The number of hydrogen-bond donors (Lipinski definition) is 0. The van der Waals surface area contributed by atoms with Crippen molar-refractivity contribution >= 4 is 21.6 Å². The molecule has 0 unspecified atom stereocenters. The first-order valence-corrected chi connectivity index (χ1v) is 7.08. The number of rotatable bonds is 2. The molecule has 3 aromatic rings. The molecule has 0 N–H and O–H groups in total. The van der Waals surface area contributed by atoms with Crippen LogP contribution in [0.5, 0.6) is 0 Å². The molecule has 98 valence electrons. The summed E-state index contributed by atoms with van der Waals surface area (Å²) in [5.74, 6) is 0. The summed E-state index contributed by atoms with van der Waals surface area (Å²) >= 11 is 3.53. The van der Waals surface area contributed by atoms with Gasteiger partial charge in [0.05, 0.1) is 15.9 Å². The highest BCUT2D eigenvalue weighted by Gasteiger charge is 2.16. The van der Waals surface area contributed by atoms with Gasteiger partial charge in [-0.25, -0.2) is 4.98 Å². The molecule has 0 amide bonds. The van der Waals surface area contributed by atoms with Crippen molar-refractivity contribution in [2.24, 2.45) is 0 Å². The van der Waals surface area contributed by atoms with E-state index in [1.807, 2.05) is 34.3 Å². The molecule has 3 aromatic heterocycles. The molecule has 0 atom stereocenters. The second-order valence-electron chi connectivity index (χ2n) is 4.57. The van der Waals surface area contributed by atoms with Crippen LogP contribution in [-0.4, -0.2) is 19.2 Å². The van der Waals surface area contributed by atoms with Gasteiger partial charge in [-0.05, 0) is 48.8 Å². The average Bonchev–Trinajstić information content (AvgIpc) is 2.91. The number of hydrogen-bond acceptors (Lipinski definition) is 2. The van der Waals surface area contributed by atoms with Crippen molar-refractivity contribution in [2.75, 3.05) is 0 Å². The van der Waals surface area contributed by atoms with Crippen LogP contribution in [0.3, 0.4) is 0 Å². The molecule has 0 saturated carbocycles. The Bertz CT molecular complexity index is 754. The van der Waals surface area contributed by atoms with Crippen molar-refractivity contribution in [3.8, 4) is 11.3 Å². The highest BCUT2D eigenvalue weighted by atomic mass is 79.9. The Morgan fingerprint density at radius 2 is 2.11 bits per heavy atom. The van der Waals surface area contributed by atoms with Gasteiger partial charge in [0.2, 0.25) is 0 Å². The molecule has 0 saturated heterocycles. The molecule has 0 aromatic carbocycles. The van der Waals surface area contributed by atoms with Crippen LogP contribution >= 0.6 is 15.9 Å². The van der Waals surface area contributed by atoms with Crippen molar-refractivity contribution in [1.82, 2.24) is 19.2 Å². The molecule has 19 heavy (non-hydrogen) atoms. The Hall–Kier alpha value is -1.62. The molecule has 0 spiro atoms. The number of aromatic nitrogens is 4. The Labute approximate surface area is 120 Å². The summed E-state index contributed by atoms with van der Waals surface area (Å²) in [5.41, 5.74) is 5.23. The fourth-order valence-corrected chi connectivity index (χ4v) is 2.92. The van der Waals surface area contributed by atoms with E-state index in [4.69, 9.17) is 4.98 Å². The van der Waals surface area contributed by atoms with E-state index in [1.54, 1.807) is 0 Å². The van der Waals surface area contributed by atoms with Crippen LogP contribution in [0, 0.1) is 13.8 Å². The van der Waals surface area contributed by atoms with Gasteiger partial charge in [0, 0.05) is 30.2 Å². The molecule has 0 aliphatic rings. The second kappa shape index (κ2) is 4.49. The van der Waals surface area contributed by atoms with Gasteiger partial charge in [-0.1, -0.05) is 0 Å². The number of pyridine rings is 1. The van der Waals surface area contributed by atoms with E-state index in [1.165, 1.54) is 5.69 Å². The van der Waals surface area contributed by atoms with Gasteiger partial charge in [0.1, 0.15) is 0 Å². The molecule has 5 heteroatoms. The first kappa shape index (κ1) is 12.4. The van der Waals surface area contributed by atoms with E-state index in [0.29, 0.717) is 0 Å². The van der Waals surface area contributed by atoms with Crippen molar-refractivity contribution in [3.05, 3.63) is 40.4 Å². The van der Waals surface area contributed by atoms with Crippen molar-refractivity contribution in [1.29, 1.82) is 0 Å². The molecule has 0 aliphatic carbocycles. The minimum absolute atomic E-state index is 0.879. The Kier molecular flexibility index (Phi) is 2.93.